The van der Waals surface area contributed by atoms with Gasteiger partial charge in [0.05, 0.1) is 20.7 Å². The van der Waals surface area contributed by atoms with Crippen molar-refractivity contribution in [2.45, 2.75) is 4.90 Å². The predicted octanol–water partition coefficient (Wildman–Crippen LogP) is 2.22. The van der Waals surface area contributed by atoms with Crippen LogP contribution in [-0.4, -0.2) is 10.5 Å². The average Bonchev–Trinajstić information content (AvgIpc) is 1.85. The van der Waals surface area contributed by atoms with E-state index in [2.05, 4.69) is 0 Å². The average molecular weight is 193 g/mol. The quantitative estimate of drug-likeness (QED) is 0.667. The lowest BCUT2D eigenvalue weighted by molar-refractivity contribution is 0.626. The van der Waals surface area contributed by atoms with Gasteiger partial charge in [-0.15, -0.1) is 0 Å². The third-order valence-corrected chi connectivity index (χ3v) is 2.60. The van der Waals surface area contributed by atoms with E-state index in [0.29, 0.717) is 4.90 Å². The molecule has 1 rings (SSSR count). The minimum absolute atomic E-state index is 0.214. The molecule has 0 fully saturated rings. The SMILES string of the molecule is CS(=O)c1ccc(F)cc1Cl. The molecular weight excluding hydrogens is 187 g/mol. The Morgan fingerprint density at radius 1 is 1.55 bits per heavy atom. The lowest BCUT2D eigenvalue weighted by atomic mass is 10.3. The van der Waals surface area contributed by atoms with E-state index in [-0.39, 0.29) is 5.02 Å². The lowest BCUT2D eigenvalue weighted by Crippen LogP contribution is -1.88. The van der Waals surface area contributed by atoms with Gasteiger partial charge < -0.3 is 0 Å². The molecule has 0 bridgehead atoms. The van der Waals surface area contributed by atoms with E-state index >= 15 is 0 Å². The van der Waals surface area contributed by atoms with E-state index in [4.69, 9.17) is 11.6 Å². The number of halogens is 2. The molecule has 0 aliphatic heterocycles. The third kappa shape index (κ3) is 2.01. The summed E-state index contributed by atoms with van der Waals surface area (Å²) < 4.78 is 23.3. The summed E-state index contributed by atoms with van der Waals surface area (Å²) in [5.74, 6) is -0.413. The first-order valence-corrected chi connectivity index (χ1v) is 4.83. The summed E-state index contributed by atoms with van der Waals surface area (Å²) in [6.45, 7) is 0. The van der Waals surface area contributed by atoms with E-state index in [1.54, 1.807) is 0 Å². The van der Waals surface area contributed by atoms with Gasteiger partial charge in [-0.2, -0.15) is 0 Å². The fourth-order valence-electron chi connectivity index (χ4n) is 0.708. The molecule has 1 aromatic rings. The highest BCUT2D eigenvalue weighted by molar-refractivity contribution is 7.84. The van der Waals surface area contributed by atoms with Crippen LogP contribution >= 0.6 is 11.6 Å². The second-order valence-corrected chi connectivity index (χ2v) is 3.78. The van der Waals surface area contributed by atoms with Gasteiger partial charge in [-0.05, 0) is 18.2 Å². The summed E-state index contributed by atoms with van der Waals surface area (Å²) in [5, 5.41) is 0.214. The summed E-state index contributed by atoms with van der Waals surface area (Å²) in [4.78, 5) is 0.466. The highest BCUT2D eigenvalue weighted by Gasteiger charge is 2.03. The zero-order valence-electron chi connectivity index (χ0n) is 5.80. The van der Waals surface area contributed by atoms with Gasteiger partial charge in [0.25, 0.3) is 0 Å². The predicted molar refractivity (Wildman–Crippen MR) is 43.7 cm³/mol. The maximum absolute atomic E-state index is 12.4. The van der Waals surface area contributed by atoms with Crippen molar-refractivity contribution in [1.29, 1.82) is 0 Å². The Morgan fingerprint density at radius 2 is 2.18 bits per heavy atom. The van der Waals surface area contributed by atoms with Crippen LogP contribution in [0.4, 0.5) is 4.39 Å². The van der Waals surface area contributed by atoms with Crippen LogP contribution in [0, 0.1) is 5.82 Å². The van der Waals surface area contributed by atoms with Crippen molar-refractivity contribution in [2.75, 3.05) is 6.26 Å². The molecule has 0 N–H and O–H groups in total. The molecule has 0 aliphatic rings. The number of hydrogen-bond donors (Lipinski definition) is 0. The van der Waals surface area contributed by atoms with Crippen molar-refractivity contribution >= 4 is 22.4 Å². The molecule has 1 atom stereocenters. The van der Waals surface area contributed by atoms with Crippen LogP contribution in [0.5, 0.6) is 0 Å². The van der Waals surface area contributed by atoms with Gasteiger partial charge in [-0.1, -0.05) is 11.6 Å². The van der Waals surface area contributed by atoms with Crippen molar-refractivity contribution in [3.05, 3.63) is 29.0 Å². The van der Waals surface area contributed by atoms with Crippen LogP contribution in [0.3, 0.4) is 0 Å². The van der Waals surface area contributed by atoms with Gasteiger partial charge in [0, 0.05) is 6.26 Å². The molecule has 4 heteroatoms. The summed E-state index contributed by atoms with van der Waals surface area (Å²) in [6, 6.07) is 3.81. The van der Waals surface area contributed by atoms with Gasteiger partial charge in [0.2, 0.25) is 0 Å². The van der Waals surface area contributed by atoms with E-state index in [1.807, 2.05) is 0 Å². The molecule has 0 amide bonds. The van der Waals surface area contributed by atoms with Gasteiger partial charge >= 0.3 is 0 Å². The lowest BCUT2D eigenvalue weighted by Gasteiger charge is -1.98. The molecule has 0 heterocycles. The number of rotatable bonds is 1. The molecule has 1 aromatic carbocycles. The minimum Gasteiger partial charge on any atom is -0.255 e. The van der Waals surface area contributed by atoms with Crippen molar-refractivity contribution in [3.63, 3.8) is 0 Å². The standard InChI is InChI=1S/C7H6ClFOS/c1-11(10)7-3-2-5(9)4-6(7)8/h2-4H,1H3. The summed E-state index contributed by atoms with van der Waals surface area (Å²) in [5.41, 5.74) is 0. The molecule has 0 saturated carbocycles. The van der Waals surface area contributed by atoms with Crippen LogP contribution in [0.1, 0.15) is 0 Å². The maximum atomic E-state index is 12.4. The van der Waals surface area contributed by atoms with Gasteiger partial charge in [-0.3, -0.25) is 4.21 Å². The Hall–Kier alpha value is -0.410. The molecule has 0 aromatic heterocycles. The molecular formula is C7H6ClFOS. The van der Waals surface area contributed by atoms with Crippen molar-refractivity contribution < 1.29 is 8.60 Å². The van der Waals surface area contributed by atoms with Crippen molar-refractivity contribution in [1.82, 2.24) is 0 Å². The van der Waals surface area contributed by atoms with Crippen LogP contribution in [-0.2, 0) is 10.8 Å². The van der Waals surface area contributed by atoms with Gasteiger partial charge in [0.15, 0.2) is 0 Å². The Morgan fingerprint density at radius 3 is 2.64 bits per heavy atom. The largest absolute Gasteiger partial charge is 0.255 e. The fraction of sp³-hybridized carbons (Fsp3) is 0.143. The minimum atomic E-state index is -1.15. The normalized spacial score (nSPS) is 13.0. The van der Waals surface area contributed by atoms with Crippen molar-refractivity contribution in [2.24, 2.45) is 0 Å². The zero-order valence-corrected chi connectivity index (χ0v) is 7.38. The molecule has 60 valence electrons. The molecule has 0 aliphatic carbocycles. The van der Waals surface area contributed by atoms with Gasteiger partial charge in [-0.25, -0.2) is 4.39 Å². The molecule has 1 nitrogen and oxygen atoms in total. The smallest absolute Gasteiger partial charge is 0.124 e. The first-order chi connectivity index (χ1) is 5.11. The second-order valence-electron chi connectivity index (χ2n) is 2.03. The first kappa shape index (κ1) is 8.68. The van der Waals surface area contributed by atoms with Crippen molar-refractivity contribution in [3.8, 4) is 0 Å². The summed E-state index contributed by atoms with van der Waals surface area (Å²) >= 11 is 5.59. The van der Waals surface area contributed by atoms with E-state index in [0.717, 1.165) is 6.07 Å². The Bertz CT molecular complexity index is 300. The van der Waals surface area contributed by atoms with E-state index in [1.165, 1.54) is 18.4 Å². The van der Waals surface area contributed by atoms with Crippen LogP contribution in [0.2, 0.25) is 5.02 Å². The monoisotopic (exact) mass is 192 g/mol. The maximum Gasteiger partial charge on any atom is 0.124 e. The van der Waals surface area contributed by atoms with Gasteiger partial charge in [0.1, 0.15) is 5.82 Å². The topological polar surface area (TPSA) is 17.1 Å². The van der Waals surface area contributed by atoms with E-state index < -0.39 is 16.6 Å². The third-order valence-electron chi connectivity index (χ3n) is 1.20. The Balaban J connectivity index is 3.20. The summed E-state index contributed by atoms with van der Waals surface area (Å²) in [7, 11) is -1.15. The van der Waals surface area contributed by atoms with Crippen LogP contribution < -0.4 is 0 Å². The summed E-state index contributed by atoms with van der Waals surface area (Å²) in [6.07, 6.45) is 1.50. The molecule has 0 spiro atoms. The first-order valence-electron chi connectivity index (χ1n) is 2.90. The Labute approximate surface area is 71.6 Å². The number of benzene rings is 1. The molecule has 0 radical (unpaired) electrons. The molecule has 1 unspecified atom stereocenters. The molecule has 0 saturated heterocycles. The fourth-order valence-corrected chi connectivity index (χ4v) is 1.79. The van der Waals surface area contributed by atoms with E-state index in [9.17, 15) is 8.60 Å². The zero-order chi connectivity index (χ0) is 8.43. The van der Waals surface area contributed by atoms with Crippen LogP contribution in [0.15, 0.2) is 23.1 Å². The highest BCUT2D eigenvalue weighted by atomic mass is 35.5. The Kier molecular flexibility index (Phi) is 2.62. The molecule has 11 heavy (non-hydrogen) atoms. The second kappa shape index (κ2) is 3.32. The highest BCUT2D eigenvalue weighted by Crippen LogP contribution is 2.19. The number of hydrogen-bond acceptors (Lipinski definition) is 1. The van der Waals surface area contributed by atoms with Crippen LogP contribution in [0.25, 0.3) is 0 Å².